The third-order valence-corrected chi connectivity index (χ3v) is 5.46. The summed E-state index contributed by atoms with van der Waals surface area (Å²) >= 11 is 7.16. The van der Waals surface area contributed by atoms with Crippen LogP contribution in [0.25, 0.3) is 0 Å². The van der Waals surface area contributed by atoms with E-state index in [1.165, 1.54) is 30.3 Å². The van der Waals surface area contributed by atoms with Crippen LogP contribution in [0.2, 0.25) is 5.02 Å². The second kappa shape index (κ2) is 8.26. The van der Waals surface area contributed by atoms with Gasteiger partial charge in [0, 0.05) is 29.4 Å². The molecule has 0 radical (unpaired) electrons. The SMILES string of the molecule is COc1ccccc1C1CC(C(=O)Nc2ccc(F)c(Cl)c2)N(C)SN1. The first kappa shape index (κ1) is 19.0. The average Bonchev–Trinajstić information content (AvgIpc) is 2.65. The molecule has 0 saturated carbocycles. The molecule has 0 aromatic heterocycles. The molecule has 2 aromatic carbocycles. The largest absolute Gasteiger partial charge is 0.496 e. The Morgan fingerprint density at radius 3 is 2.88 bits per heavy atom. The highest BCUT2D eigenvalue weighted by atomic mass is 35.5. The monoisotopic (exact) mass is 395 g/mol. The van der Waals surface area contributed by atoms with Gasteiger partial charge >= 0.3 is 0 Å². The number of nitrogens with one attached hydrogen (secondary N) is 2. The smallest absolute Gasteiger partial charge is 0.242 e. The fraction of sp³-hybridized carbons (Fsp3) is 0.278. The number of likely N-dealkylation sites (N-methyl/N-ethyl adjacent to an activating group) is 1. The van der Waals surface area contributed by atoms with Crippen molar-refractivity contribution < 1.29 is 13.9 Å². The van der Waals surface area contributed by atoms with Crippen molar-refractivity contribution in [3.05, 3.63) is 58.9 Å². The molecule has 1 saturated heterocycles. The van der Waals surface area contributed by atoms with Crippen molar-refractivity contribution in [1.82, 2.24) is 9.03 Å². The molecule has 1 aliphatic rings. The zero-order valence-corrected chi connectivity index (χ0v) is 15.9. The van der Waals surface area contributed by atoms with Gasteiger partial charge in [-0.05, 0) is 37.7 Å². The third-order valence-electron chi connectivity index (χ3n) is 4.24. The number of ether oxygens (including phenoxy) is 1. The first-order valence-corrected chi connectivity index (χ1v) is 9.19. The summed E-state index contributed by atoms with van der Waals surface area (Å²) in [4.78, 5) is 12.7. The Bertz CT molecular complexity index is 808. The molecule has 2 aromatic rings. The molecule has 2 unspecified atom stereocenters. The molecule has 1 fully saturated rings. The van der Waals surface area contributed by atoms with Crippen molar-refractivity contribution in [3.8, 4) is 5.75 Å². The fourth-order valence-electron chi connectivity index (χ4n) is 2.85. The molecular weight excluding hydrogens is 377 g/mol. The molecule has 1 heterocycles. The first-order valence-electron chi connectivity index (χ1n) is 8.03. The summed E-state index contributed by atoms with van der Waals surface area (Å²) in [5.41, 5.74) is 1.46. The van der Waals surface area contributed by atoms with E-state index in [2.05, 4.69) is 10.0 Å². The molecule has 26 heavy (non-hydrogen) atoms. The summed E-state index contributed by atoms with van der Waals surface area (Å²) in [6.45, 7) is 0. The van der Waals surface area contributed by atoms with Gasteiger partial charge in [0.2, 0.25) is 5.91 Å². The van der Waals surface area contributed by atoms with Crippen LogP contribution in [0.5, 0.6) is 5.75 Å². The van der Waals surface area contributed by atoms with Crippen LogP contribution in [0.1, 0.15) is 18.0 Å². The molecule has 138 valence electrons. The summed E-state index contributed by atoms with van der Waals surface area (Å²) < 4.78 is 23.9. The van der Waals surface area contributed by atoms with Crippen molar-refractivity contribution in [2.24, 2.45) is 0 Å². The van der Waals surface area contributed by atoms with Crippen molar-refractivity contribution in [3.63, 3.8) is 0 Å². The number of carbonyl (C=O) groups excluding carboxylic acids is 1. The second-order valence-electron chi connectivity index (χ2n) is 5.92. The molecule has 3 rings (SSSR count). The number of halogens is 2. The van der Waals surface area contributed by atoms with Gasteiger partial charge in [-0.3, -0.25) is 4.79 Å². The number of hydrogen-bond donors (Lipinski definition) is 2. The Kier molecular flexibility index (Phi) is 6.03. The zero-order valence-electron chi connectivity index (χ0n) is 14.3. The van der Waals surface area contributed by atoms with Crippen LogP contribution < -0.4 is 14.8 Å². The maximum atomic E-state index is 13.3. The number of carbonyl (C=O) groups is 1. The zero-order chi connectivity index (χ0) is 18.7. The minimum absolute atomic E-state index is 0.0252. The summed E-state index contributed by atoms with van der Waals surface area (Å²) in [7, 11) is 3.47. The highest BCUT2D eigenvalue weighted by Gasteiger charge is 2.33. The topological polar surface area (TPSA) is 53.6 Å². The van der Waals surface area contributed by atoms with Gasteiger partial charge in [0.25, 0.3) is 0 Å². The molecule has 0 bridgehead atoms. The van der Waals surface area contributed by atoms with E-state index >= 15 is 0 Å². The predicted octanol–water partition coefficient (Wildman–Crippen LogP) is 4.02. The summed E-state index contributed by atoms with van der Waals surface area (Å²) in [6.07, 6.45) is 0.560. The molecule has 1 aliphatic heterocycles. The second-order valence-corrected chi connectivity index (χ2v) is 7.32. The Morgan fingerprint density at radius 2 is 2.15 bits per heavy atom. The average molecular weight is 396 g/mol. The van der Waals surface area contributed by atoms with E-state index in [-0.39, 0.29) is 23.0 Å². The van der Waals surface area contributed by atoms with E-state index in [0.29, 0.717) is 12.1 Å². The Balaban J connectivity index is 1.75. The van der Waals surface area contributed by atoms with Gasteiger partial charge in [0.1, 0.15) is 17.6 Å². The Morgan fingerprint density at radius 1 is 1.38 bits per heavy atom. The molecule has 1 amide bonds. The fourth-order valence-corrected chi connectivity index (χ4v) is 3.85. The molecule has 5 nitrogen and oxygen atoms in total. The molecular formula is C18H19ClFN3O2S. The van der Waals surface area contributed by atoms with E-state index < -0.39 is 5.82 Å². The van der Waals surface area contributed by atoms with Crippen molar-refractivity contribution >= 4 is 35.3 Å². The Labute approximate surface area is 161 Å². The maximum Gasteiger partial charge on any atom is 0.242 e. The quantitative estimate of drug-likeness (QED) is 0.766. The molecule has 0 spiro atoms. The molecule has 0 aliphatic carbocycles. The van der Waals surface area contributed by atoms with Crippen LogP contribution >= 0.6 is 23.7 Å². The van der Waals surface area contributed by atoms with Crippen LogP contribution in [0, 0.1) is 5.82 Å². The van der Waals surface area contributed by atoms with Crippen LogP contribution in [0.15, 0.2) is 42.5 Å². The minimum Gasteiger partial charge on any atom is -0.496 e. The number of para-hydroxylation sites is 1. The number of benzene rings is 2. The van der Waals surface area contributed by atoms with E-state index in [1.807, 2.05) is 35.6 Å². The summed E-state index contributed by atoms with van der Waals surface area (Å²) in [5, 5.41) is 2.78. The van der Waals surface area contributed by atoms with Crippen molar-refractivity contribution in [2.45, 2.75) is 18.5 Å². The van der Waals surface area contributed by atoms with Crippen LogP contribution in [0.4, 0.5) is 10.1 Å². The highest BCUT2D eigenvalue weighted by Crippen LogP contribution is 2.35. The van der Waals surface area contributed by atoms with Gasteiger partial charge in [-0.2, -0.15) is 0 Å². The van der Waals surface area contributed by atoms with Gasteiger partial charge in [0.05, 0.1) is 12.1 Å². The number of nitrogens with zero attached hydrogens (tertiary/aromatic N) is 1. The Hall–Kier alpha value is -1.80. The van der Waals surface area contributed by atoms with Crippen LogP contribution in [-0.2, 0) is 4.79 Å². The van der Waals surface area contributed by atoms with Crippen molar-refractivity contribution in [2.75, 3.05) is 19.5 Å². The van der Waals surface area contributed by atoms with E-state index in [1.54, 1.807) is 7.11 Å². The summed E-state index contributed by atoms with van der Waals surface area (Å²) in [5.74, 6) is 0.0825. The minimum atomic E-state index is -0.518. The van der Waals surface area contributed by atoms with Gasteiger partial charge in [-0.1, -0.05) is 29.8 Å². The first-order chi connectivity index (χ1) is 12.5. The van der Waals surface area contributed by atoms with E-state index in [9.17, 15) is 9.18 Å². The van der Waals surface area contributed by atoms with Gasteiger partial charge in [-0.25, -0.2) is 13.4 Å². The van der Waals surface area contributed by atoms with E-state index in [0.717, 1.165) is 11.3 Å². The standard InChI is InChI=1S/C18H19ClFN3O2S/c1-23-16(18(24)21-11-7-8-14(20)13(19)9-11)10-15(22-26-23)12-5-3-4-6-17(12)25-2/h3-9,15-16,22H,10H2,1-2H3,(H,21,24). The van der Waals surface area contributed by atoms with Crippen LogP contribution in [0.3, 0.4) is 0 Å². The number of amides is 1. The molecule has 2 atom stereocenters. The number of rotatable bonds is 4. The van der Waals surface area contributed by atoms with E-state index in [4.69, 9.17) is 16.3 Å². The normalized spacial score (nSPS) is 20.6. The lowest BCUT2D eigenvalue weighted by atomic mass is 9.98. The molecule has 2 N–H and O–H groups in total. The lowest BCUT2D eigenvalue weighted by Gasteiger charge is -2.36. The highest BCUT2D eigenvalue weighted by molar-refractivity contribution is 7.95. The van der Waals surface area contributed by atoms with Gasteiger partial charge in [0.15, 0.2) is 0 Å². The van der Waals surface area contributed by atoms with Gasteiger partial charge in [-0.15, -0.1) is 0 Å². The maximum absolute atomic E-state index is 13.3. The number of anilines is 1. The van der Waals surface area contributed by atoms with Crippen molar-refractivity contribution in [1.29, 1.82) is 0 Å². The number of hydrogen-bond acceptors (Lipinski definition) is 5. The summed E-state index contributed by atoms with van der Waals surface area (Å²) in [6, 6.07) is 11.4. The molecule has 8 heteroatoms. The third kappa shape index (κ3) is 4.12. The van der Waals surface area contributed by atoms with Gasteiger partial charge < -0.3 is 10.1 Å². The lowest BCUT2D eigenvalue weighted by Crippen LogP contribution is -2.46. The van der Waals surface area contributed by atoms with Crippen LogP contribution in [-0.4, -0.2) is 30.4 Å². The number of methoxy groups -OCH3 is 1. The predicted molar refractivity (Wildman–Crippen MR) is 103 cm³/mol. The lowest BCUT2D eigenvalue weighted by molar-refractivity contribution is -0.119.